The minimum Gasteiger partial charge on any atom is -0.457 e. The highest BCUT2D eigenvalue weighted by Crippen LogP contribution is 2.24. The first kappa shape index (κ1) is 12.9. The van der Waals surface area contributed by atoms with Gasteiger partial charge in [-0.1, -0.05) is 24.3 Å². The molecule has 3 N–H and O–H groups in total. The SMILES string of the molecule is Nc1cnc(Nc2cccc(Oc3ccccc3)c2)nc1. The molecule has 0 atom stereocenters. The number of hydrogen-bond donors (Lipinski definition) is 2. The van der Waals surface area contributed by atoms with Crippen LogP contribution in [0.5, 0.6) is 11.5 Å². The first-order valence-corrected chi connectivity index (χ1v) is 6.47. The molecule has 0 amide bonds. The van der Waals surface area contributed by atoms with Gasteiger partial charge >= 0.3 is 0 Å². The fraction of sp³-hybridized carbons (Fsp3) is 0. The average molecular weight is 278 g/mol. The quantitative estimate of drug-likeness (QED) is 0.763. The van der Waals surface area contributed by atoms with Crippen molar-refractivity contribution in [2.24, 2.45) is 0 Å². The molecule has 1 heterocycles. The van der Waals surface area contributed by atoms with E-state index in [0.29, 0.717) is 11.6 Å². The van der Waals surface area contributed by atoms with Gasteiger partial charge in [-0.3, -0.25) is 0 Å². The van der Waals surface area contributed by atoms with Crippen LogP contribution in [0.3, 0.4) is 0 Å². The van der Waals surface area contributed by atoms with E-state index in [1.54, 1.807) is 12.4 Å². The van der Waals surface area contributed by atoms with Crippen molar-refractivity contribution >= 4 is 17.3 Å². The van der Waals surface area contributed by atoms with Crippen molar-refractivity contribution < 1.29 is 4.74 Å². The lowest BCUT2D eigenvalue weighted by molar-refractivity contribution is 0.483. The van der Waals surface area contributed by atoms with Crippen LogP contribution in [0, 0.1) is 0 Å². The molecule has 5 heteroatoms. The van der Waals surface area contributed by atoms with Gasteiger partial charge in [-0.05, 0) is 24.3 Å². The van der Waals surface area contributed by atoms with E-state index in [4.69, 9.17) is 10.5 Å². The van der Waals surface area contributed by atoms with Gasteiger partial charge in [0.25, 0.3) is 0 Å². The Morgan fingerprint density at radius 1 is 0.857 bits per heavy atom. The third kappa shape index (κ3) is 3.48. The zero-order chi connectivity index (χ0) is 14.5. The minimum absolute atomic E-state index is 0.487. The summed E-state index contributed by atoms with van der Waals surface area (Å²) in [6.07, 6.45) is 3.11. The Bertz CT molecular complexity index is 714. The normalized spacial score (nSPS) is 10.1. The zero-order valence-electron chi connectivity index (χ0n) is 11.2. The fourth-order valence-electron chi connectivity index (χ4n) is 1.79. The third-order valence-electron chi connectivity index (χ3n) is 2.74. The maximum atomic E-state index is 5.78. The smallest absolute Gasteiger partial charge is 0.227 e. The molecule has 0 radical (unpaired) electrons. The molecule has 0 aliphatic carbocycles. The highest BCUT2D eigenvalue weighted by molar-refractivity contribution is 5.56. The highest BCUT2D eigenvalue weighted by atomic mass is 16.5. The van der Waals surface area contributed by atoms with E-state index >= 15 is 0 Å². The number of para-hydroxylation sites is 1. The number of rotatable bonds is 4. The number of anilines is 3. The van der Waals surface area contributed by atoms with Crippen LogP contribution in [-0.4, -0.2) is 9.97 Å². The molecule has 0 fully saturated rings. The number of nitrogens with one attached hydrogen (secondary N) is 1. The molecule has 0 bridgehead atoms. The molecule has 2 aromatic carbocycles. The molecule has 0 unspecified atom stereocenters. The average Bonchev–Trinajstić information content (AvgIpc) is 2.51. The standard InChI is InChI=1S/C16H14N4O/c17-12-10-18-16(19-11-12)20-13-5-4-8-15(9-13)21-14-6-2-1-3-7-14/h1-11H,17H2,(H,18,19,20). The molecule has 0 spiro atoms. The van der Waals surface area contributed by atoms with Crippen LogP contribution in [-0.2, 0) is 0 Å². The van der Waals surface area contributed by atoms with Gasteiger partial charge in [0.15, 0.2) is 0 Å². The molecule has 104 valence electrons. The topological polar surface area (TPSA) is 73.1 Å². The molecule has 0 aliphatic rings. The van der Waals surface area contributed by atoms with Gasteiger partial charge in [0.2, 0.25) is 5.95 Å². The van der Waals surface area contributed by atoms with Gasteiger partial charge in [0.05, 0.1) is 18.1 Å². The van der Waals surface area contributed by atoms with Gasteiger partial charge in [-0.25, -0.2) is 9.97 Å². The summed E-state index contributed by atoms with van der Waals surface area (Å²) in [5, 5.41) is 3.10. The Morgan fingerprint density at radius 2 is 1.57 bits per heavy atom. The minimum atomic E-state index is 0.487. The molecule has 0 saturated carbocycles. The van der Waals surface area contributed by atoms with Crippen molar-refractivity contribution in [2.75, 3.05) is 11.1 Å². The first-order chi connectivity index (χ1) is 10.3. The van der Waals surface area contributed by atoms with Gasteiger partial charge in [0, 0.05) is 11.8 Å². The van der Waals surface area contributed by atoms with Crippen LogP contribution in [0.1, 0.15) is 0 Å². The Morgan fingerprint density at radius 3 is 2.33 bits per heavy atom. The van der Waals surface area contributed by atoms with Crippen LogP contribution >= 0.6 is 0 Å². The molecule has 21 heavy (non-hydrogen) atoms. The van der Waals surface area contributed by atoms with Crippen molar-refractivity contribution in [1.29, 1.82) is 0 Å². The maximum Gasteiger partial charge on any atom is 0.227 e. The number of ether oxygens (including phenoxy) is 1. The molecule has 0 aliphatic heterocycles. The summed E-state index contributed by atoms with van der Waals surface area (Å²) < 4.78 is 5.78. The predicted molar refractivity (Wildman–Crippen MR) is 82.7 cm³/mol. The second-order valence-corrected chi connectivity index (χ2v) is 4.41. The van der Waals surface area contributed by atoms with Crippen molar-refractivity contribution in [3.05, 3.63) is 67.0 Å². The predicted octanol–water partition coefficient (Wildman–Crippen LogP) is 3.59. The molecular weight excluding hydrogens is 264 g/mol. The Hall–Kier alpha value is -3.08. The monoisotopic (exact) mass is 278 g/mol. The fourth-order valence-corrected chi connectivity index (χ4v) is 1.79. The Labute approximate surface area is 122 Å². The number of aromatic nitrogens is 2. The maximum absolute atomic E-state index is 5.78. The van der Waals surface area contributed by atoms with Crippen molar-refractivity contribution in [3.63, 3.8) is 0 Å². The zero-order valence-corrected chi connectivity index (χ0v) is 11.2. The van der Waals surface area contributed by atoms with Gasteiger partial charge < -0.3 is 15.8 Å². The second kappa shape index (κ2) is 5.92. The number of hydrogen-bond acceptors (Lipinski definition) is 5. The third-order valence-corrected chi connectivity index (χ3v) is 2.74. The molecule has 0 saturated heterocycles. The lowest BCUT2D eigenvalue weighted by Crippen LogP contribution is -1.98. The number of benzene rings is 2. The molecule has 3 rings (SSSR count). The summed E-state index contributed by atoms with van der Waals surface area (Å²) in [6, 6.07) is 17.2. The summed E-state index contributed by atoms with van der Waals surface area (Å²) in [5.41, 5.74) is 6.93. The summed E-state index contributed by atoms with van der Waals surface area (Å²) in [7, 11) is 0. The van der Waals surface area contributed by atoms with E-state index in [-0.39, 0.29) is 0 Å². The molecule has 3 aromatic rings. The van der Waals surface area contributed by atoms with E-state index < -0.39 is 0 Å². The van der Waals surface area contributed by atoms with E-state index in [1.807, 2.05) is 54.6 Å². The van der Waals surface area contributed by atoms with Gasteiger partial charge in [-0.2, -0.15) is 0 Å². The van der Waals surface area contributed by atoms with Crippen LogP contribution in [0.15, 0.2) is 67.0 Å². The number of nitrogen functional groups attached to an aromatic ring is 1. The van der Waals surface area contributed by atoms with Crippen LogP contribution in [0.4, 0.5) is 17.3 Å². The van der Waals surface area contributed by atoms with E-state index in [9.17, 15) is 0 Å². The molecular formula is C16H14N4O. The van der Waals surface area contributed by atoms with Crippen LogP contribution in [0.2, 0.25) is 0 Å². The van der Waals surface area contributed by atoms with Crippen LogP contribution < -0.4 is 15.8 Å². The largest absolute Gasteiger partial charge is 0.457 e. The van der Waals surface area contributed by atoms with E-state index in [0.717, 1.165) is 17.2 Å². The lowest BCUT2D eigenvalue weighted by atomic mass is 10.3. The summed E-state index contributed by atoms with van der Waals surface area (Å²) in [4.78, 5) is 8.20. The summed E-state index contributed by atoms with van der Waals surface area (Å²) in [6.45, 7) is 0. The first-order valence-electron chi connectivity index (χ1n) is 6.47. The summed E-state index contributed by atoms with van der Waals surface area (Å²) >= 11 is 0. The number of nitrogens with zero attached hydrogens (tertiary/aromatic N) is 2. The lowest BCUT2D eigenvalue weighted by Gasteiger charge is -2.08. The second-order valence-electron chi connectivity index (χ2n) is 4.41. The number of nitrogens with two attached hydrogens (primary N) is 1. The van der Waals surface area contributed by atoms with E-state index in [1.165, 1.54) is 0 Å². The molecule has 1 aromatic heterocycles. The van der Waals surface area contributed by atoms with Gasteiger partial charge in [-0.15, -0.1) is 0 Å². The highest BCUT2D eigenvalue weighted by Gasteiger charge is 2.01. The Kier molecular flexibility index (Phi) is 3.64. The molecule has 5 nitrogen and oxygen atoms in total. The van der Waals surface area contributed by atoms with Crippen molar-refractivity contribution in [2.45, 2.75) is 0 Å². The Balaban J connectivity index is 1.75. The van der Waals surface area contributed by atoms with Crippen molar-refractivity contribution in [3.8, 4) is 11.5 Å². The van der Waals surface area contributed by atoms with Crippen molar-refractivity contribution in [1.82, 2.24) is 9.97 Å². The summed E-state index contributed by atoms with van der Waals surface area (Å²) in [5.74, 6) is 2.01. The van der Waals surface area contributed by atoms with E-state index in [2.05, 4.69) is 15.3 Å². The van der Waals surface area contributed by atoms with Crippen LogP contribution in [0.25, 0.3) is 0 Å². The van der Waals surface area contributed by atoms with Gasteiger partial charge in [0.1, 0.15) is 11.5 Å².